The summed E-state index contributed by atoms with van der Waals surface area (Å²) in [6, 6.07) is 28.7. The molecule has 4 nitrogen and oxygen atoms in total. The van der Waals surface area contributed by atoms with Gasteiger partial charge >= 0.3 is 0 Å². The van der Waals surface area contributed by atoms with Gasteiger partial charge in [-0.05, 0) is 59.2 Å². The summed E-state index contributed by atoms with van der Waals surface area (Å²) in [5, 5.41) is 4.35. The van der Waals surface area contributed by atoms with E-state index in [2.05, 4.69) is 66.1 Å². The van der Waals surface area contributed by atoms with Crippen molar-refractivity contribution in [3.63, 3.8) is 0 Å². The van der Waals surface area contributed by atoms with Crippen molar-refractivity contribution in [2.75, 3.05) is 0 Å². The van der Waals surface area contributed by atoms with Crippen LogP contribution in [0.4, 0.5) is 0 Å². The van der Waals surface area contributed by atoms with Crippen molar-refractivity contribution in [2.45, 2.75) is 13.5 Å². The number of carbonyl (C=O) groups is 1. The fourth-order valence-corrected chi connectivity index (χ4v) is 4.93. The molecule has 1 amide bonds. The fraction of sp³-hybridized carbons (Fsp3) is 0.0690. The molecule has 0 radical (unpaired) electrons. The first-order chi connectivity index (χ1) is 16.1. The Hall–Kier alpha value is -4.31. The lowest BCUT2D eigenvalue weighted by atomic mass is 9.99. The molecule has 160 valence electrons. The Kier molecular flexibility index (Phi) is 4.34. The first kappa shape index (κ1) is 19.4. The zero-order valence-corrected chi connectivity index (χ0v) is 18.2. The number of carbonyl (C=O) groups excluding carboxylic acids is 1. The van der Waals surface area contributed by atoms with Gasteiger partial charge in [-0.2, -0.15) is 0 Å². The third kappa shape index (κ3) is 3.03. The van der Waals surface area contributed by atoms with Crippen LogP contribution in [0, 0.1) is 6.92 Å². The molecule has 2 aromatic heterocycles. The number of furan rings is 1. The van der Waals surface area contributed by atoms with Crippen molar-refractivity contribution in [1.29, 1.82) is 0 Å². The van der Waals surface area contributed by atoms with Crippen molar-refractivity contribution < 1.29 is 9.21 Å². The molecule has 0 unspecified atom stereocenters. The van der Waals surface area contributed by atoms with Crippen LogP contribution in [-0.2, 0) is 6.54 Å². The number of rotatable bonds is 4. The Morgan fingerprint density at radius 2 is 1.76 bits per heavy atom. The van der Waals surface area contributed by atoms with Crippen LogP contribution in [0.2, 0.25) is 0 Å². The van der Waals surface area contributed by atoms with Gasteiger partial charge in [0.1, 0.15) is 5.76 Å². The van der Waals surface area contributed by atoms with Crippen molar-refractivity contribution >= 4 is 38.5 Å². The number of fused-ring (bicyclic) bond motifs is 4. The summed E-state index contributed by atoms with van der Waals surface area (Å²) in [4.78, 5) is 12.3. The van der Waals surface area contributed by atoms with Crippen LogP contribution in [0.15, 0.2) is 95.6 Å². The average molecular weight is 431 g/mol. The molecule has 2 heterocycles. The summed E-state index contributed by atoms with van der Waals surface area (Å²) < 4.78 is 7.95. The molecule has 0 atom stereocenters. The molecule has 33 heavy (non-hydrogen) atoms. The highest BCUT2D eigenvalue weighted by Crippen LogP contribution is 2.36. The Balaban J connectivity index is 1.68. The van der Waals surface area contributed by atoms with E-state index in [1.54, 1.807) is 12.3 Å². The van der Waals surface area contributed by atoms with Crippen LogP contribution >= 0.6 is 0 Å². The van der Waals surface area contributed by atoms with E-state index in [9.17, 15) is 4.79 Å². The van der Waals surface area contributed by atoms with Gasteiger partial charge in [0.2, 0.25) is 5.91 Å². The second kappa shape index (κ2) is 7.38. The molecule has 0 aliphatic rings. The molecule has 6 aromatic rings. The number of primary amides is 1. The first-order valence-electron chi connectivity index (χ1n) is 11.0. The molecule has 0 bridgehead atoms. The molecule has 6 rings (SSSR count). The van der Waals surface area contributed by atoms with Crippen LogP contribution in [-0.4, -0.2) is 10.5 Å². The lowest BCUT2D eigenvalue weighted by Gasteiger charge is -2.14. The molecule has 4 heteroatoms. The lowest BCUT2D eigenvalue weighted by molar-refractivity contribution is 0.100. The van der Waals surface area contributed by atoms with E-state index in [0.717, 1.165) is 33.1 Å². The Bertz CT molecular complexity index is 1670. The molecule has 0 saturated heterocycles. The maximum atomic E-state index is 12.3. The van der Waals surface area contributed by atoms with Crippen molar-refractivity contribution in [3.05, 3.63) is 108 Å². The van der Waals surface area contributed by atoms with E-state index in [0.29, 0.717) is 12.1 Å². The normalized spacial score (nSPS) is 11.5. The maximum absolute atomic E-state index is 12.3. The molecule has 0 aliphatic carbocycles. The van der Waals surface area contributed by atoms with Crippen LogP contribution in [0.5, 0.6) is 0 Å². The second-order valence-electron chi connectivity index (χ2n) is 8.44. The quantitative estimate of drug-likeness (QED) is 0.340. The summed E-state index contributed by atoms with van der Waals surface area (Å²) >= 11 is 0. The highest BCUT2D eigenvalue weighted by molar-refractivity contribution is 6.18. The molecule has 0 fully saturated rings. The zero-order valence-electron chi connectivity index (χ0n) is 18.2. The largest absolute Gasteiger partial charge is 0.464 e. The molecule has 0 saturated carbocycles. The van der Waals surface area contributed by atoms with E-state index in [-0.39, 0.29) is 0 Å². The minimum atomic E-state index is -0.420. The Morgan fingerprint density at radius 3 is 2.58 bits per heavy atom. The molecule has 0 aliphatic heterocycles. The van der Waals surface area contributed by atoms with E-state index in [1.165, 1.54) is 21.9 Å². The van der Waals surface area contributed by atoms with Gasteiger partial charge < -0.3 is 14.7 Å². The summed E-state index contributed by atoms with van der Waals surface area (Å²) in [5.74, 6) is 0.390. The standard InChI is InChI=1S/C29H22N2O2/c1-18-11-12-19-6-2-3-7-21(19)24(18)17-31-25-9-4-8-23(29(30)32)28(25)22-14-13-20(16-26(22)31)27-10-5-15-33-27/h2-16H,17H2,1H3,(H2,30,32). The van der Waals surface area contributed by atoms with E-state index < -0.39 is 5.91 Å². The average Bonchev–Trinajstić information content (AvgIpc) is 3.47. The smallest absolute Gasteiger partial charge is 0.249 e. The summed E-state index contributed by atoms with van der Waals surface area (Å²) in [6.07, 6.45) is 1.68. The van der Waals surface area contributed by atoms with Gasteiger partial charge in [-0.25, -0.2) is 0 Å². The predicted octanol–water partition coefficient (Wildman–Crippen LogP) is 6.66. The Morgan fingerprint density at radius 1 is 0.879 bits per heavy atom. The van der Waals surface area contributed by atoms with E-state index in [1.807, 2.05) is 24.3 Å². The van der Waals surface area contributed by atoms with Gasteiger partial charge in [-0.3, -0.25) is 4.79 Å². The third-order valence-corrected chi connectivity index (χ3v) is 6.55. The number of nitrogens with two attached hydrogens (primary N) is 1. The minimum absolute atomic E-state index is 0.420. The van der Waals surface area contributed by atoms with Crippen molar-refractivity contribution in [3.8, 4) is 11.3 Å². The predicted molar refractivity (Wildman–Crippen MR) is 133 cm³/mol. The van der Waals surface area contributed by atoms with Gasteiger partial charge in [-0.15, -0.1) is 0 Å². The van der Waals surface area contributed by atoms with Crippen molar-refractivity contribution in [2.24, 2.45) is 5.73 Å². The van der Waals surface area contributed by atoms with Gasteiger partial charge in [0, 0.05) is 28.4 Å². The highest BCUT2D eigenvalue weighted by atomic mass is 16.3. The summed E-state index contributed by atoms with van der Waals surface area (Å²) in [5.41, 5.74) is 11.8. The van der Waals surface area contributed by atoms with Gasteiger partial charge in [0.25, 0.3) is 0 Å². The molecular weight excluding hydrogens is 408 g/mol. The monoisotopic (exact) mass is 430 g/mol. The number of amides is 1. The van der Waals surface area contributed by atoms with Crippen LogP contribution in [0.25, 0.3) is 43.9 Å². The molecule has 4 aromatic carbocycles. The molecule has 2 N–H and O–H groups in total. The Labute approximate surface area is 190 Å². The summed E-state index contributed by atoms with van der Waals surface area (Å²) in [7, 11) is 0. The SMILES string of the molecule is Cc1ccc2ccccc2c1Cn1c2cc(-c3ccco3)ccc2c2c(C(N)=O)cccc21. The lowest BCUT2D eigenvalue weighted by Crippen LogP contribution is -2.11. The number of aryl methyl sites for hydroxylation is 1. The van der Waals surface area contributed by atoms with Gasteiger partial charge in [0.05, 0.1) is 17.3 Å². The fourth-order valence-electron chi connectivity index (χ4n) is 4.93. The molecular formula is C29H22N2O2. The minimum Gasteiger partial charge on any atom is -0.464 e. The topological polar surface area (TPSA) is 61.2 Å². The third-order valence-electron chi connectivity index (χ3n) is 6.55. The van der Waals surface area contributed by atoms with Gasteiger partial charge in [0.15, 0.2) is 0 Å². The number of hydrogen-bond acceptors (Lipinski definition) is 2. The number of hydrogen-bond donors (Lipinski definition) is 1. The van der Waals surface area contributed by atoms with Crippen molar-refractivity contribution in [1.82, 2.24) is 4.57 Å². The van der Waals surface area contributed by atoms with Gasteiger partial charge in [-0.1, -0.05) is 54.6 Å². The second-order valence-corrected chi connectivity index (χ2v) is 8.44. The molecule has 0 spiro atoms. The van der Waals surface area contributed by atoms with Crippen LogP contribution in [0.1, 0.15) is 21.5 Å². The van der Waals surface area contributed by atoms with Crippen LogP contribution < -0.4 is 5.73 Å². The van der Waals surface area contributed by atoms with Crippen LogP contribution in [0.3, 0.4) is 0 Å². The highest BCUT2D eigenvalue weighted by Gasteiger charge is 2.18. The summed E-state index contributed by atoms with van der Waals surface area (Å²) in [6.45, 7) is 2.83. The maximum Gasteiger partial charge on any atom is 0.249 e. The zero-order chi connectivity index (χ0) is 22.5. The van der Waals surface area contributed by atoms with E-state index in [4.69, 9.17) is 10.2 Å². The number of benzene rings is 4. The number of nitrogens with zero attached hydrogens (tertiary/aromatic N) is 1. The first-order valence-corrected chi connectivity index (χ1v) is 11.0. The number of aromatic nitrogens is 1. The van der Waals surface area contributed by atoms with E-state index >= 15 is 0 Å².